The quantitative estimate of drug-likeness (QED) is 0.0238. The van der Waals surface area contributed by atoms with Crippen LogP contribution in [0, 0.1) is 29.7 Å². The van der Waals surface area contributed by atoms with Gasteiger partial charge in [0.15, 0.2) is 91.5 Å². The molecule has 0 aromatic carbocycles. The zero-order valence-electron chi connectivity index (χ0n) is 88.4. The molecule has 0 amide bonds. The molecule has 0 saturated heterocycles. The van der Waals surface area contributed by atoms with E-state index in [9.17, 15) is 0 Å². The van der Waals surface area contributed by atoms with Crippen LogP contribution in [0.15, 0.2) is 0 Å². The summed E-state index contributed by atoms with van der Waals surface area (Å²) in [6.07, 6.45) is 4.15. The molecule has 0 N–H and O–H groups in total. The Bertz CT molecular complexity index is 2080. The Morgan fingerprint density at radius 1 is 0.232 bits per heavy atom. The Balaban J connectivity index is -0.0000000467. The van der Waals surface area contributed by atoms with E-state index in [-0.39, 0.29) is 269 Å². The number of rotatable bonds is 52. The first-order valence-corrected chi connectivity index (χ1v) is 85.4. The van der Waals surface area contributed by atoms with Crippen LogP contribution in [0.5, 0.6) is 0 Å². The number of unbranched alkanes of at least 4 members (excludes halogenated alkanes) is 1. The van der Waals surface area contributed by atoms with Crippen LogP contribution in [0.4, 0.5) is 0 Å². The summed E-state index contributed by atoms with van der Waals surface area (Å²) in [5.74, 6) is -1.18. The fourth-order valence-corrected chi connectivity index (χ4v) is 75.5. The summed E-state index contributed by atoms with van der Waals surface area (Å²) in [7, 11) is -14.0. The normalized spacial score (nSPS) is 11.9. The van der Waals surface area contributed by atoms with Gasteiger partial charge in [0.2, 0.25) is 0 Å². The van der Waals surface area contributed by atoms with Gasteiger partial charge < -0.3 is 139 Å². The first kappa shape index (κ1) is 198. The topological polar surface area (TPSA) is 231 Å². The van der Waals surface area contributed by atoms with Gasteiger partial charge in [-0.3, -0.25) is 0 Å². The Labute approximate surface area is 933 Å². The summed E-state index contributed by atoms with van der Waals surface area (Å²) in [6.45, 7) is 73.8. The van der Waals surface area contributed by atoms with Crippen LogP contribution in [0.1, 0.15) is 60.8 Å². The van der Waals surface area contributed by atoms with Gasteiger partial charge in [0.25, 0.3) is 5.97 Å². The van der Waals surface area contributed by atoms with Gasteiger partial charge in [0.1, 0.15) is 0 Å². The molecule has 25 nitrogen and oxygen atoms in total. The fraction of sp³-hybridized carbons (Fsp3) is 0.942. The zero-order valence-corrected chi connectivity index (χ0v) is 157. The van der Waals surface area contributed by atoms with Gasteiger partial charge in [-0.05, 0) is 227 Å². The predicted octanol–water partition coefficient (Wildman–Crippen LogP) is 21.3. The summed E-state index contributed by atoms with van der Waals surface area (Å²) in [5.41, 5.74) is 0. The average Bonchev–Trinajstić information content (AvgIpc) is 0.773. The molecule has 0 spiro atoms. The third-order valence-electron chi connectivity index (χ3n) is 15.0. The van der Waals surface area contributed by atoms with Crippen molar-refractivity contribution in [3.8, 4) is 0 Å². The van der Waals surface area contributed by atoms with E-state index in [0.29, 0.717) is 36.6 Å². The predicted molar refractivity (Wildman–Crippen MR) is 513 cm³/mol. The van der Waals surface area contributed by atoms with Crippen molar-refractivity contribution in [2.75, 3.05) is 120 Å². The minimum absolute atomic E-state index is 0. The van der Waals surface area contributed by atoms with E-state index in [1.807, 2.05) is 6.92 Å². The SMILES string of the molecule is C.CCC.CCCCOCC.COC(CC[Si](C)(C)O[Si](O[Si](C)(C)C)(O[Si](C)(C)CC[Si](OC)(OC)OC)O[Si](C)(C)CC[Si](OC)(OC)OC)(OC)OC.CO[Si](CC[Si](C)(C)O[Si](C)(C)C)(OC)OC.CO[Si](CC[Si](C)(C)O[Si](C)(O[Si](C)(C)C)O[Si](C)(C)C)(OC)OC.C[Si](C)(C)O[Si](C)(C)C.[CH3-].[CH3-].[CH3-].[CH3-].[Rf].[Rf].[Rf].[W].[W].[W].[W].[W].[W].[W].[W].[W].[W].[W]. The Kier molecular flexibility index (Phi) is 146. The summed E-state index contributed by atoms with van der Waals surface area (Å²) in [5, 5.41) is 0. The molecular formula is C69H190O25Rf3Si17W11-4. The summed E-state index contributed by atoms with van der Waals surface area (Å²) in [4.78, 5) is 0. The van der Waals surface area contributed by atoms with Crippen molar-refractivity contribution in [3.05, 3.63) is 29.7 Å². The molecule has 0 heterocycles. The van der Waals surface area contributed by atoms with E-state index in [2.05, 4.69) is 211 Å². The van der Waals surface area contributed by atoms with Gasteiger partial charge in [-0.25, -0.2) is 0 Å². The Hall–Kier alpha value is 7.26. The summed E-state index contributed by atoms with van der Waals surface area (Å²) >= 11 is 0. The number of hydrogen-bond donors (Lipinski definition) is 0. The molecule has 0 aliphatic rings. The van der Waals surface area contributed by atoms with Gasteiger partial charge >= 0.3 is 53.1 Å². The van der Waals surface area contributed by atoms with Crippen LogP contribution in [0.2, 0.25) is 244 Å². The largest absolute Gasteiger partial charge is 0.636 e. The van der Waals surface area contributed by atoms with Gasteiger partial charge in [-0.1, -0.05) is 41.0 Å². The summed E-state index contributed by atoms with van der Waals surface area (Å²) in [6, 6.07) is 6.68. The van der Waals surface area contributed by atoms with Crippen LogP contribution in [0.25, 0.3) is 0 Å². The third-order valence-corrected chi connectivity index (χ3v) is 69.3. The Morgan fingerprint density at radius 3 is 0.576 bits per heavy atom. The van der Waals surface area contributed by atoms with Gasteiger partial charge in [-0.2, -0.15) is 0 Å². The maximum atomic E-state index is 7.22. The van der Waals surface area contributed by atoms with Gasteiger partial charge in [0.05, 0.1) is 0 Å². The molecule has 0 radical (unpaired) electrons. The molecule has 0 aliphatic carbocycles. The molecule has 56 heteroatoms. The smallest absolute Gasteiger partial charge is 0.456 e. The van der Waals surface area contributed by atoms with Crippen molar-refractivity contribution in [3.63, 3.8) is 0 Å². The maximum Gasteiger partial charge on any atom is 0.636 e. The zero-order chi connectivity index (χ0) is 85.3. The number of ether oxygens (including phenoxy) is 4. The van der Waals surface area contributed by atoms with Crippen molar-refractivity contribution in [2.24, 2.45) is 0 Å². The fourth-order valence-electron chi connectivity index (χ4n) is 10.6. The van der Waals surface area contributed by atoms with Gasteiger partial charge in [-0.15, -0.1) is 0 Å². The van der Waals surface area contributed by atoms with Gasteiger partial charge in [0, 0.05) is 389 Å². The van der Waals surface area contributed by atoms with Crippen molar-refractivity contribution in [2.45, 2.75) is 311 Å². The first-order valence-electron chi connectivity index (χ1n) is 37.8. The van der Waals surface area contributed by atoms with Crippen LogP contribution in [-0.4, -0.2) is 270 Å². The van der Waals surface area contributed by atoms with Crippen molar-refractivity contribution in [1.29, 1.82) is 0 Å². The van der Waals surface area contributed by atoms with E-state index in [1.165, 1.54) is 19.3 Å². The van der Waals surface area contributed by atoms with Crippen LogP contribution in [-0.2, 0) is 341 Å². The van der Waals surface area contributed by atoms with Crippen molar-refractivity contribution < 1.29 is 341 Å². The van der Waals surface area contributed by atoms with Crippen LogP contribution in [0.3, 0.4) is 0 Å². The molecule has 0 fully saturated rings. The van der Waals surface area contributed by atoms with Crippen molar-refractivity contribution in [1.82, 2.24) is 0 Å². The number of hydrogen-bond acceptors (Lipinski definition) is 25. The van der Waals surface area contributed by atoms with E-state index in [1.54, 1.807) is 107 Å². The summed E-state index contributed by atoms with van der Waals surface area (Å²) < 4.78 is 150. The minimum Gasteiger partial charge on any atom is -0.456 e. The van der Waals surface area contributed by atoms with E-state index in [0.717, 1.165) is 37.4 Å². The molecule has 0 aromatic rings. The molecule has 125 heavy (non-hydrogen) atoms. The van der Waals surface area contributed by atoms with Crippen molar-refractivity contribution >= 4 is 145 Å². The molecule has 0 aromatic heterocycles. The standard InChI is InChI=1S/C25H66O13Si7.C14H40O6Si5.C10H28O4Si3.C6H18OSi2.C6H14O.C3H8.CH4.4CH3.3Rf.11W/c1-26-25(27-2,28-3)19-20-40(13,14)36-45(35-39(10,11)12,37-41(15,16)21-23-43(29-4,30-5)31-6)38-42(17,18)22-24-44(32-7,33-8)34-9;1-15-25(16-2,17-3)14-13-23(10,11)20-24(12,18-21(4,5)6)19-22(7,8)9;1-11-17(12-2,13-3)10-9-16(7,8)14-15(4,5)6;1-8(2,3)7-9(4,5)6;1-3-5-6-7-4-2;1-3-2;;;;;;;;;;;;;;;;;;;/h19-24H2,1-18H3;13-14H2,1-12H3;9-10H2,1-8H3;1-6H3;3-6H2,1-2H3;3H2,1-2H3;1H4;4*1H3;;;;;;;;;;;;;;/q;;;;;;;4*-1;;;;;;;;;;;;;;. The molecular weight excluding hydrogens is 4530 g/mol. The third kappa shape index (κ3) is 104. The molecule has 0 bridgehead atoms. The van der Waals surface area contributed by atoms with E-state index in [4.69, 9.17) is 109 Å². The van der Waals surface area contributed by atoms with E-state index < -0.39 is 151 Å². The average molecular weight is 4720 g/mol. The monoisotopic (exact) mass is 4720 g/mol. The first-order chi connectivity index (χ1) is 47.6. The minimum atomic E-state index is -3.81. The molecule has 0 atom stereocenters. The molecule has 0 rings (SSSR count). The second-order valence-corrected chi connectivity index (χ2v) is 103. The molecule has 0 aliphatic heterocycles. The van der Waals surface area contributed by atoms with E-state index >= 15 is 0 Å². The second-order valence-electron chi connectivity index (χ2n) is 35.0. The molecule has 0 unspecified atom stereocenters. The van der Waals surface area contributed by atoms with Crippen LogP contribution >= 0.6 is 0 Å². The maximum absolute atomic E-state index is 7.22. The molecule has 0 saturated carbocycles. The molecule has 760 valence electrons. The Morgan fingerprint density at radius 2 is 0.416 bits per heavy atom. The number of methoxy groups -OCH3 is 3. The second kappa shape index (κ2) is 92.4. The van der Waals surface area contributed by atoms with Crippen LogP contribution < -0.4 is 0 Å².